The van der Waals surface area contributed by atoms with Crippen LogP contribution in [0.4, 0.5) is 0 Å². The van der Waals surface area contributed by atoms with Crippen molar-refractivity contribution in [3.05, 3.63) is 203 Å². The lowest BCUT2D eigenvalue weighted by Crippen LogP contribution is -2.10. The third-order valence-electron chi connectivity index (χ3n) is 10.6. The Labute approximate surface area is 317 Å². The van der Waals surface area contributed by atoms with Crippen molar-refractivity contribution >= 4 is 21.5 Å². The van der Waals surface area contributed by atoms with E-state index < -0.39 is 0 Å². The molecule has 0 heterocycles. The standard InChI is InChI=1S/C50H42O4/c1-51-39-23-13-35(14-24-39)47(36-15-25-40(52-2)26-16-36)45-31-21-33-9-5-7-11-43(33)49(45)50-44-12-8-6-10-34(44)22-32-46(50)48(37-17-27-41(53-3)28-18-37)38-19-29-42(54-4)30-20-38/h5-32,47-48H,1-4H3. The van der Waals surface area contributed by atoms with Crippen molar-refractivity contribution < 1.29 is 18.9 Å². The van der Waals surface area contributed by atoms with Crippen molar-refractivity contribution in [1.29, 1.82) is 0 Å². The van der Waals surface area contributed by atoms with Crippen molar-refractivity contribution in [3.8, 4) is 34.1 Å². The molecule has 54 heavy (non-hydrogen) atoms. The fourth-order valence-corrected chi connectivity index (χ4v) is 7.90. The van der Waals surface area contributed by atoms with Crippen LogP contribution in [-0.2, 0) is 0 Å². The molecule has 0 N–H and O–H groups in total. The molecule has 0 aromatic heterocycles. The zero-order valence-corrected chi connectivity index (χ0v) is 31.0. The Hall–Kier alpha value is -6.52. The van der Waals surface area contributed by atoms with Gasteiger partial charge in [-0.1, -0.05) is 121 Å². The molecule has 0 saturated heterocycles. The van der Waals surface area contributed by atoms with E-state index in [1.807, 2.05) is 0 Å². The first-order valence-corrected chi connectivity index (χ1v) is 18.2. The highest BCUT2D eigenvalue weighted by Crippen LogP contribution is 2.49. The van der Waals surface area contributed by atoms with Gasteiger partial charge in [0.2, 0.25) is 0 Å². The van der Waals surface area contributed by atoms with Crippen molar-refractivity contribution in [2.75, 3.05) is 28.4 Å². The summed E-state index contributed by atoms with van der Waals surface area (Å²) in [5, 5.41) is 4.76. The SMILES string of the molecule is COc1ccc(C(c2ccc(OC)cc2)c2ccc3ccccc3c2-c2c(C(c3ccc(OC)cc3)c3ccc(OC)cc3)ccc3ccccc23)cc1. The Morgan fingerprint density at radius 1 is 0.296 bits per heavy atom. The summed E-state index contributed by atoms with van der Waals surface area (Å²) in [5.41, 5.74) is 9.52. The van der Waals surface area contributed by atoms with Crippen LogP contribution in [0.3, 0.4) is 0 Å². The molecule has 0 radical (unpaired) electrons. The van der Waals surface area contributed by atoms with Crippen LogP contribution >= 0.6 is 0 Å². The highest BCUT2D eigenvalue weighted by molar-refractivity contribution is 6.08. The van der Waals surface area contributed by atoms with E-state index in [1.165, 1.54) is 66.1 Å². The van der Waals surface area contributed by atoms with Gasteiger partial charge in [0, 0.05) is 11.8 Å². The summed E-state index contributed by atoms with van der Waals surface area (Å²) in [6.45, 7) is 0. The minimum absolute atomic E-state index is 0.103. The minimum Gasteiger partial charge on any atom is -0.497 e. The smallest absolute Gasteiger partial charge is 0.118 e. The molecule has 0 spiro atoms. The Morgan fingerprint density at radius 2 is 0.574 bits per heavy atom. The fraction of sp³-hybridized carbons (Fsp3) is 0.120. The molecule has 0 amide bonds. The first-order valence-electron chi connectivity index (χ1n) is 18.2. The normalized spacial score (nSPS) is 11.3. The van der Waals surface area contributed by atoms with Gasteiger partial charge in [-0.2, -0.15) is 0 Å². The van der Waals surface area contributed by atoms with Gasteiger partial charge in [-0.15, -0.1) is 0 Å². The van der Waals surface area contributed by atoms with Crippen molar-refractivity contribution in [2.24, 2.45) is 0 Å². The Bertz CT molecular complexity index is 2240. The van der Waals surface area contributed by atoms with E-state index in [2.05, 4.69) is 170 Å². The highest BCUT2D eigenvalue weighted by Gasteiger charge is 2.28. The largest absolute Gasteiger partial charge is 0.497 e. The third-order valence-corrected chi connectivity index (χ3v) is 10.6. The molecule has 0 bridgehead atoms. The van der Waals surface area contributed by atoms with E-state index in [1.54, 1.807) is 28.4 Å². The molecule has 0 atom stereocenters. The summed E-state index contributed by atoms with van der Waals surface area (Å²) in [7, 11) is 6.84. The quantitative estimate of drug-likeness (QED) is 0.126. The van der Waals surface area contributed by atoms with Crippen LogP contribution in [-0.4, -0.2) is 28.4 Å². The molecule has 266 valence electrons. The van der Waals surface area contributed by atoms with E-state index in [-0.39, 0.29) is 11.8 Å². The molecular formula is C50H42O4. The van der Waals surface area contributed by atoms with Crippen LogP contribution in [0.2, 0.25) is 0 Å². The number of methoxy groups -OCH3 is 4. The number of hydrogen-bond acceptors (Lipinski definition) is 4. The maximum Gasteiger partial charge on any atom is 0.118 e. The molecule has 0 aliphatic carbocycles. The van der Waals surface area contributed by atoms with Gasteiger partial charge < -0.3 is 18.9 Å². The lowest BCUT2D eigenvalue weighted by Gasteiger charge is -2.28. The zero-order valence-electron chi connectivity index (χ0n) is 31.0. The van der Waals surface area contributed by atoms with Gasteiger partial charge in [0.1, 0.15) is 23.0 Å². The highest BCUT2D eigenvalue weighted by atomic mass is 16.5. The maximum atomic E-state index is 5.61. The average molecular weight is 707 g/mol. The van der Waals surface area contributed by atoms with Gasteiger partial charge in [-0.3, -0.25) is 0 Å². The lowest BCUT2D eigenvalue weighted by atomic mass is 9.75. The number of rotatable bonds is 11. The minimum atomic E-state index is -0.103. The molecule has 0 saturated carbocycles. The molecule has 0 aliphatic heterocycles. The van der Waals surface area contributed by atoms with E-state index in [0.29, 0.717) is 0 Å². The third kappa shape index (κ3) is 6.52. The van der Waals surface area contributed by atoms with Gasteiger partial charge in [-0.25, -0.2) is 0 Å². The average Bonchev–Trinajstić information content (AvgIpc) is 3.24. The van der Waals surface area contributed by atoms with Crippen LogP contribution < -0.4 is 18.9 Å². The van der Waals surface area contributed by atoms with Crippen LogP contribution in [0.1, 0.15) is 45.2 Å². The summed E-state index contributed by atoms with van der Waals surface area (Å²) in [6.07, 6.45) is 0. The van der Waals surface area contributed by atoms with Crippen LogP contribution in [0, 0.1) is 0 Å². The topological polar surface area (TPSA) is 36.9 Å². The summed E-state index contributed by atoms with van der Waals surface area (Å²) < 4.78 is 22.4. The van der Waals surface area contributed by atoms with E-state index in [9.17, 15) is 0 Å². The molecule has 8 aromatic carbocycles. The number of ether oxygens (including phenoxy) is 4. The Kier molecular flexibility index (Phi) is 9.74. The molecule has 8 aromatic rings. The summed E-state index contributed by atoms with van der Waals surface area (Å²) >= 11 is 0. The van der Waals surface area contributed by atoms with Crippen molar-refractivity contribution in [1.82, 2.24) is 0 Å². The number of hydrogen-bond donors (Lipinski definition) is 0. The summed E-state index contributed by atoms with van der Waals surface area (Å²) in [4.78, 5) is 0. The second-order valence-electron chi connectivity index (χ2n) is 13.5. The molecule has 0 aliphatic rings. The molecule has 4 nitrogen and oxygen atoms in total. The molecule has 0 fully saturated rings. The van der Waals surface area contributed by atoms with Crippen molar-refractivity contribution in [3.63, 3.8) is 0 Å². The molecule has 0 unspecified atom stereocenters. The van der Waals surface area contributed by atoms with Crippen LogP contribution in [0.25, 0.3) is 32.7 Å². The predicted molar refractivity (Wildman–Crippen MR) is 221 cm³/mol. The molecule has 8 rings (SSSR count). The monoisotopic (exact) mass is 706 g/mol. The second-order valence-corrected chi connectivity index (χ2v) is 13.5. The van der Waals surface area contributed by atoms with E-state index in [4.69, 9.17) is 18.9 Å². The summed E-state index contributed by atoms with van der Waals surface area (Å²) in [6, 6.07) is 60.7. The van der Waals surface area contributed by atoms with Gasteiger partial charge in [0.25, 0.3) is 0 Å². The van der Waals surface area contributed by atoms with Gasteiger partial charge in [-0.05, 0) is 115 Å². The zero-order chi connectivity index (χ0) is 37.0. The Morgan fingerprint density at radius 3 is 0.852 bits per heavy atom. The Balaban J connectivity index is 1.49. The number of fused-ring (bicyclic) bond motifs is 2. The van der Waals surface area contributed by atoms with Crippen LogP contribution in [0.5, 0.6) is 23.0 Å². The van der Waals surface area contributed by atoms with Gasteiger partial charge >= 0.3 is 0 Å². The fourth-order valence-electron chi connectivity index (χ4n) is 7.90. The maximum absolute atomic E-state index is 5.61. The second kappa shape index (κ2) is 15.2. The first-order chi connectivity index (χ1) is 26.6. The summed E-state index contributed by atoms with van der Waals surface area (Å²) in [5.74, 6) is 3.09. The van der Waals surface area contributed by atoms with Gasteiger partial charge in [0.15, 0.2) is 0 Å². The van der Waals surface area contributed by atoms with Crippen LogP contribution in [0.15, 0.2) is 170 Å². The predicted octanol–water partition coefficient (Wildman–Crippen LogP) is 12.1. The molecular weight excluding hydrogens is 665 g/mol. The van der Waals surface area contributed by atoms with Gasteiger partial charge in [0.05, 0.1) is 28.4 Å². The van der Waals surface area contributed by atoms with Crippen molar-refractivity contribution in [2.45, 2.75) is 11.8 Å². The molecule has 4 heteroatoms. The van der Waals surface area contributed by atoms with E-state index in [0.717, 1.165) is 23.0 Å². The number of benzene rings is 8. The first kappa shape index (κ1) is 34.6. The van der Waals surface area contributed by atoms with E-state index >= 15 is 0 Å². The lowest BCUT2D eigenvalue weighted by molar-refractivity contribution is 0.414.